The fourth-order valence-corrected chi connectivity index (χ4v) is 1.46. The molecule has 0 bridgehead atoms. The molecule has 0 aliphatic carbocycles. The number of amides is 2. The normalized spacial score (nSPS) is 9.81. The van der Waals surface area contributed by atoms with Gasteiger partial charge in [-0.2, -0.15) is 0 Å². The molecule has 82 valence electrons. The molecule has 1 aromatic heterocycles. The number of carbonyl (C=O) groups excluding carboxylic acids is 1. The van der Waals surface area contributed by atoms with Gasteiger partial charge in [-0.25, -0.2) is 9.18 Å². The van der Waals surface area contributed by atoms with Gasteiger partial charge in [-0.05, 0) is 24.3 Å². The van der Waals surface area contributed by atoms with E-state index < -0.39 is 6.03 Å². The molecule has 0 saturated heterocycles. The van der Waals surface area contributed by atoms with E-state index in [1.807, 2.05) is 0 Å². The Kier molecular flexibility index (Phi) is 3.06. The Morgan fingerprint density at radius 1 is 1.25 bits per heavy atom. The van der Waals surface area contributed by atoms with Crippen LogP contribution in [0.5, 0.6) is 0 Å². The van der Waals surface area contributed by atoms with Crippen LogP contribution in [0.4, 0.5) is 20.0 Å². The van der Waals surface area contributed by atoms with Gasteiger partial charge in [0, 0.05) is 5.69 Å². The molecule has 0 fully saturated rings. The number of nitrogens with zero attached hydrogens (tertiary/aromatic N) is 2. The number of hydrogen-bond acceptors (Lipinski definition) is 4. The SMILES string of the molecule is O=C(Nc1ccc(F)cc1)Nc1nncs1. The van der Waals surface area contributed by atoms with Crippen LogP contribution < -0.4 is 10.6 Å². The molecule has 2 amide bonds. The van der Waals surface area contributed by atoms with Crippen LogP contribution in [0.1, 0.15) is 0 Å². The zero-order valence-corrected chi connectivity index (χ0v) is 8.79. The van der Waals surface area contributed by atoms with E-state index in [2.05, 4.69) is 20.8 Å². The van der Waals surface area contributed by atoms with Crippen LogP contribution >= 0.6 is 11.3 Å². The average molecular weight is 238 g/mol. The number of anilines is 2. The van der Waals surface area contributed by atoms with Gasteiger partial charge in [0.2, 0.25) is 5.13 Å². The Hall–Kier alpha value is -2.02. The highest BCUT2D eigenvalue weighted by Gasteiger charge is 2.04. The van der Waals surface area contributed by atoms with Crippen molar-refractivity contribution < 1.29 is 9.18 Å². The molecule has 0 spiro atoms. The molecule has 2 aromatic rings. The van der Waals surface area contributed by atoms with E-state index in [0.717, 1.165) is 0 Å². The molecular weight excluding hydrogens is 231 g/mol. The lowest BCUT2D eigenvalue weighted by Crippen LogP contribution is -2.19. The Morgan fingerprint density at radius 2 is 2.00 bits per heavy atom. The molecule has 0 radical (unpaired) electrons. The van der Waals surface area contributed by atoms with Crippen LogP contribution in [0.25, 0.3) is 0 Å². The van der Waals surface area contributed by atoms with Gasteiger partial charge in [0.1, 0.15) is 11.3 Å². The van der Waals surface area contributed by atoms with Crippen molar-refractivity contribution in [3.63, 3.8) is 0 Å². The molecule has 2 N–H and O–H groups in total. The van der Waals surface area contributed by atoms with Crippen LogP contribution in [0.15, 0.2) is 29.8 Å². The molecule has 0 saturated carbocycles. The summed E-state index contributed by atoms with van der Waals surface area (Å²) in [5.74, 6) is -0.352. The Morgan fingerprint density at radius 3 is 2.62 bits per heavy atom. The van der Waals surface area contributed by atoms with Crippen molar-refractivity contribution in [3.8, 4) is 0 Å². The highest BCUT2D eigenvalue weighted by atomic mass is 32.1. The average Bonchev–Trinajstić information content (AvgIpc) is 2.74. The predicted octanol–water partition coefficient (Wildman–Crippen LogP) is 2.32. The topological polar surface area (TPSA) is 66.9 Å². The van der Waals surface area contributed by atoms with Crippen LogP contribution in [0.3, 0.4) is 0 Å². The molecule has 0 aliphatic rings. The number of urea groups is 1. The second kappa shape index (κ2) is 4.67. The second-order valence-corrected chi connectivity index (χ2v) is 3.66. The van der Waals surface area contributed by atoms with Gasteiger partial charge >= 0.3 is 6.03 Å². The molecule has 1 aromatic carbocycles. The molecule has 1 heterocycles. The number of aromatic nitrogens is 2. The molecule has 5 nitrogen and oxygen atoms in total. The maximum atomic E-state index is 12.6. The number of nitrogens with one attached hydrogen (secondary N) is 2. The van der Waals surface area contributed by atoms with E-state index in [4.69, 9.17) is 0 Å². The van der Waals surface area contributed by atoms with Gasteiger partial charge in [0.15, 0.2) is 0 Å². The van der Waals surface area contributed by atoms with Crippen molar-refractivity contribution in [2.45, 2.75) is 0 Å². The van der Waals surface area contributed by atoms with E-state index in [1.165, 1.54) is 41.1 Å². The maximum absolute atomic E-state index is 12.6. The zero-order valence-electron chi connectivity index (χ0n) is 7.98. The maximum Gasteiger partial charge on any atom is 0.325 e. The van der Waals surface area contributed by atoms with E-state index in [9.17, 15) is 9.18 Å². The molecule has 0 aliphatic heterocycles. The second-order valence-electron chi connectivity index (χ2n) is 2.83. The molecule has 2 rings (SSSR count). The van der Waals surface area contributed by atoms with Crippen molar-refractivity contribution >= 4 is 28.2 Å². The lowest BCUT2D eigenvalue weighted by Gasteiger charge is -2.04. The third-order valence-electron chi connectivity index (χ3n) is 1.68. The summed E-state index contributed by atoms with van der Waals surface area (Å²) < 4.78 is 12.6. The first-order chi connectivity index (χ1) is 7.74. The summed E-state index contributed by atoms with van der Waals surface area (Å²) in [5.41, 5.74) is 2.01. The van der Waals surface area contributed by atoms with Crippen LogP contribution in [-0.2, 0) is 0 Å². The van der Waals surface area contributed by atoms with Crippen molar-refractivity contribution in [3.05, 3.63) is 35.6 Å². The van der Waals surface area contributed by atoms with Crippen molar-refractivity contribution in [2.75, 3.05) is 10.6 Å². The number of hydrogen-bond donors (Lipinski definition) is 2. The summed E-state index contributed by atoms with van der Waals surface area (Å²) in [6.45, 7) is 0. The lowest BCUT2D eigenvalue weighted by atomic mass is 10.3. The first-order valence-electron chi connectivity index (χ1n) is 4.34. The summed E-state index contributed by atoms with van der Waals surface area (Å²) in [7, 11) is 0. The summed E-state index contributed by atoms with van der Waals surface area (Å²) in [4.78, 5) is 11.4. The van der Waals surface area contributed by atoms with Gasteiger partial charge in [0.25, 0.3) is 0 Å². The van der Waals surface area contributed by atoms with Crippen LogP contribution in [0, 0.1) is 5.82 Å². The predicted molar refractivity (Wildman–Crippen MR) is 59.0 cm³/mol. The Bertz CT molecular complexity index is 471. The number of halogens is 1. The summed E-state index contributed by atoms with van der Waals surface area (Å²) >= 11 is 1.21. The summed E-state index contributed by atoms with van der Waals surface area (Å²) in [5, 5.41) is 12.6. The van der Waals surface area contributed by atoms with E-state index in [1.54, 1.807) is 0 Å². The van der Waals surface area contributed by atoms with Crippen molar-refractivity contribution in [1.29, 1.82) is 0 Å². The minimum atomic E-state index is -0.441. The quantitative estimate of drug-likeness (QED) is 0.843. The highest BCUT2D eigenvalue weighted by Crippen LogP contribution is 2.11. The van der Waals surface area contributed by atoms with Gasteiger partial charge in [-0.15, -0.1) is 10.2 Å². The van der Waals surface area contributed by atoms with Gasteiger partial charge in [-0.3, -0.25) is 5.32 Å². The number of carbonyl (C=O) groups is 1. The van der Waals surface area contributed by atoms with E-state index in [-0.39, 0.29) is 5.82 Å². The monoisotopic (exact) mass is 238 g/mol. The van der Waals surface area contributed by atoms with Crippen molar-refractivity contribution in [2.24, 2.45) is 0 Å². The third kappa shape index (κ3) is 2.74. The smallest absolute Gasteiger partial charge is 0.308 e. The molecule has 16 heavy (non-hydrogen) atoms. The molecular formula is C9H7FN4OS. The third-order valence-corrected chi connectivity index (χ3v) is 2.29. The fourth-order valence-electron chi connectivity index (χ4n) is 1.02. The van der Waals surface area contributed by atoms with Gasteiger partial charge in [-0.1, -0.05) is 11.3 Å². The largest absolute Gasteiger partial charge is 0.325 e. The van der Waals surface area contributed by atoms with E-state index >= 15 is 0 Å². The molecule has 0 atom stereocenters. The fraction of sp³-hybridized carbons (Fsp3) is 0. The van der Waals surface area contributed by atoms with Gasteiger partial charge in [0.05, 0.1) is 0 Å². The van der Waals surface area contributed by atoms with Crippen molar-refractivity contribution in [1.82, 2.24) is 10.2 Å². The minimum absolute atomic E-state index is 0.352. The lowest BCUT2D eigenvalue weighted by molar-refractivity contribution is 0.262. The molecule has 0 unspecified atom stereocenters. The Labute approximate surface area is 94.3 Å². The highest BCUT2D eigenvalue weighted by molar-refractivity contribution is 7.13. The van der Waals surface area contributed by atoms with Crippen LogP contribution in [-0.4, -0.2) is 16.2 Å². The number of benzene rings is 1. The minimum Gasteiger partial charge on any atom is -0.308 e. The first kappa shape index (κ1) is 10.5. The standard InChI is InChI=1S/C9H7FN4OS/c10-6-1-3-7(4-2-6)12-8(15)13-9-14-11-5-16-9/h1-5H,(H2,12,13,14,15). The van der Waals surface area contributed by atoms with E-state index in [0.29, 0.717) is 10.8 Å². The number of rotatable bonds is 2. The van der Waals surface area contributed by atoms with Crippen LogP contribution in [0.2, 0.25) is 0 Å². The zero-order chi connectivity index (χ0) is 11.4. The summed E-state index contributed by atoms with van der Waals surface area (Å²) in [6.07, 6.45) is 0. The first-order valence-corrected chi connectivity index (χ1v) is 5.22. The molecule has 7 heteroatoms. The summed E-state index contributed by atoms with van der Waals surface area (Å²) in [6, 6.07) is 5.02. The Balaban J connectivity index is 1.95. The van der Waals surface area contributed by atoms with Gasteiger partial charge < -0.3 is 5.32 Å².